The van der Waals surface area contributed by atoms with Gasteiger partial charge in [-0.1, -0.05) is 30.3 Å². The van der Waals surface area contributed by atoms with Crippen LogP contribution in [0, 0.1) is 0 Å². The molecular weight excluding hydrogens is 296 g/mol. The Morgan fingerprint density at radius 2 is 1.64 bits per heavy atom. The van der Waals surface area contributed by atoms with E-state index in [0.29, 0.717) is 6.42 Å². The fourth-order valence-corrected chi connectivity index (χ4v) is 4.52. The Labute approximate surface area is 133 Å². The number of rotatable bonds is 5. The topological polar surface area (TPSA) is 38.8 Å². The molecule has 116 valence electrons. The van der Waals surface area contributed by atoms with Gasteiger partial charge in [0, 0.05) is 11.3 Å². The maximum Gasteiger partial charge on any atom is 0.180 e. The minimum Gasteiger partial charge on any atom is -0.497 e. The molecule has 0 spiro atoms. The van der Waals surface area contributed by atoms with Crippen LogP contribution < -0.4 is 4.74 Å². The van der Waals surface area contributed by atoms with Gasteiger partial charge in [0.1, 0.15) is 11.4 Å². The summed E-state index contributed by atoms with van der Waals surface area (Å²) in [6.07, 6.45) is 0.617. The highest BCUT2D eigenvalue weighted by Gasteiger charge is 2.68. The van der Waals surface area contributed by atoms with Crippen molar-refractivity contribution in [2.45, 2.75) is 35.7 Å². The van der Waals surface area contributed by atoms with Crippen LogP contribution in [0.1, 0.15) is 19.4 Å². The summed E-state index contributed by atoms with van der Waals surface area (Å²) in [6.45, 7) is 3.99. The fraction of sp³-hybridized carbons (Fsp3) is 0.333. The highest BCUT2D eigenvalue weighted by atomic mass is 32.2. The van der Waals surface area contributed by atoms with Crippen molar-refractivity contribution in [3.63, 3.8) is 0 Å². The second kappa shape index (κ2) is 5.52. The predicted octanol–water partition coefficient (Wildman–Crippen LogP) is 3.55. The van der Waals surface area contributed by atoms with Gasteiger partial charge >= 0.3 is 0 Å². The highest BCUT2D eigenvalue weighted by molar-refractivity contribution is 7.86. The third kappa shape index (κ3) is 2.57. The smallest absolute Gasteiger partial charge is 0.180 e. The maximum absolute atomic E-state index is 13.0. The van der Waals surface area contributed by atoms with E-state index in [1.807, 2.05) is 68.4 Å². The first-order chi connectivity index (χ1) is 10.5. The van der Waals surface area contributed by atoms with E-state index in [0.717, 1.165) is 16.2 Å². The van der Waals surface area contributed by atoms with Gasteiger partial charge < -0.3 is 9.47 Å². The van der Waals surface area contributed by atoms with Crippen molar-refractivity contribution >= 4 is 10.8 Å². The Kier molecular flexibility index (Phi) is 3.83. The number of benzene rings is 2. The zero-order valence-electron chi connectivity index (χ0n) is 13.0. The van der Waals surface area contributed by atoms with Crippen molar-refractivity contribution in [2.75, 3.05) is 7.11 Å². The second-order valence-electron chi connectivity index (χ2n) is 5.97. The maximum atomic E-state index is 13.0. The summed E-state index contributed by atoms with van der Waals surface area (Å²) in [7, 11) is 0.434. The summed E-state index contributed by atoms with van der Waals surface area (Å²) in [5.74, 6) is 0.818. The molecule has 1 fully saturated rings. The SMILES string of the molecule is COc1ccc(CC2(S(=O)c3ccccc3)OC2(C)C)cc1. The van der Waals surface area contributed by atoms with E-state index < -0.39 is 21.3 Å². The summed E-state index contributed by atoms with van der Waals surface area (Å²) in [6, 6.07) is 17.4. The van der Waals surface area contributed by atoms with E-state index in [4.69, 9.17) is 9.47 Å². The Morgan fingerprint density at radius 3 is 2.14 bits per heavy atom. The normalized spacial score (nSPS) is 23.8. The van der Waals surface area contributed by atoms with E-state index in [9.17, 15) is 4.21 Å². The fourth-order valence-electron chi connectivity index (χ4n) is 2.71. The minimum atomic E-state index is -1.21. The van der Waals surface area contributed by atoms with Gasteiger partial charge in [0.2, 0.25) is 0 Å². The Hall–Kier alpha value is -1.65. The Morgan fingerprint density at radius 1 is 1.05 bits per heavy atom. The van der Waals surface area contributed by atoms with Crippen LogP contribution in [0.5, 0.6) is 5.75 Å². The summed E-state index contributed by atoms with van der Waals surface area (Å²) < 4.78 is 24.2. The van der Waals surface area contributed by atoms with Crippen molar-refractivity contribution < 1.29 is 13.7 Å². The standard InChI is InChI=1S/C18H20O3S/c1-17(2)18(21-17,22(19)16-7-5-4-6-8-16)13-14-9-11-15(20-3)12-10-14/h4-12H,13H2,1-3H3. The third-order valence-corrected chi connectivity index (χ3v) is 6.17. The summed E-state index contributed by atoms with van der Waals surface area (Å²) in [5, 5.41) is 0. The van der Waals surface area contributed by atoms with Gasteiger partial charge in [0.25, 0.3) is 0 Å². The van der Waals surface area contributed by atoms with Crippen LogP contribution in [0.4, 0.5) is 0 Å². The molecule has 1 aliphatic rings. The lowest BCUT2D eigenvalue weighted by Gasteiger charge is -2.15. The van der Waals surface area contributed by atoms with Crippen molar-refractivity contribution in [1.82, 2.24) is 0 Å². The number of hydrogen-bond acceptors (Lipinski definition) is 3. The highest BCUT2D eigenvalue weighted by Crippen LogP contribution is 2.53. The lowest BCUT2D eigenvalue weighted by Crippen LogP contribution is -2.29. The van der Waals surface area contributed by atoms with Gasteiger partial charge in [0.15, 0.2) is 4.93 Å². The van der Waals surface area contributed by atoms with E-state index in [-0.39, 0.29) is 0 Å². The summed E-state index contributed by atoms with van der Waals surface area (Å²) in [5.41, 5.74) is 0.698. The van der Waals surface area contributed by atoms with Crippen LogP contribution in [0.15, 0.2) is 59.5 Å². The van der Waals surface area contributed by atoms with Crippen LogP contribution in [-0.2, 0) is 22.0 Å². The van der Waals surface area contributed by atoms with Crippen molar-refractivity contribution in [2.24, 2.45) is 0 Å². The van der Waals surface area contributed by atoms with E-state index in [2.05, 4.69) is 0 Å². The molecule has 2 aromatic rings. The predicted molar refractivity (Wildman–Crippen MR) is 87.4 cm³/mol. The molecule has 0 N–H and O–H groups in total. The number of epoxide rings is 1. The lowest BCUT2D eigenvalue weighted by atomic mass is 10.0. The molecule has 0 radical (unpaired) electrons. The molecule has 4 heteroatoms. The zero-order chi connectivity index (χ0) is 15.8. The van der Waals surface area contributed by atoms with E-state index in [1.54, 1.807) is 7.11 Å². The van der Waals surface area contributed by atoms with Gasteiger partial charge in [-0.2, -0.15) is 0 Å². The molecule has 3 nitrogen and oxygen atoms in total. The molecule has 1 heterocycles. The number of hydrogen-bond donors (Lipinski definition) is 0. The van der Waals surface area contributed by atoms with E-state index >= 15 is 0 Å². The van der Waals surface area contributed by atoms with Crippen LogP contribution in [0.25, 0.3) is 0 Å². The molecule has 0 aliphatic carbocycles. The molecular formula is C18H20O3S. The van der Waals surface area contributed by atoms with Gasteiger partial charge in [-0.15, -0.1) is 0 Å². The number of ether oxygens (including phenoxy) is 2. The van der Waals surface area contributed by atoms with Crippen molar-refractivity contribution in [3.8, 4) is 5.75 Å². The quantitative estimate of drug-likeness (QED) is 0.792. The largest absolute Gasteiger partial charge is 0.497 e. The molecule has 2 aromatic carbocycles. The zero-order valence-corrected chi connectivity index (χ0v) is 13.9. The van der Waals surface area contributed by atoms with Gasteiger partial charge in [-0.3, -0.25) is 4.21 Å². The van der Waals surface area contributed by atoms with Gasteiger partial charge in [-0.05, 0) is 43.7 Å². The van der Waals surface area contributed by atoms with Crippen molar-refractivity contribution in [3.05, 3.63) is 60.2 Å². The molecule has 2 atom stereocenters. The average molecular weight is 316 g/mol. The first-order valence-corrected chi connectivity index (χ1v) is 8.43. The van der Waals surface area contributed by atoms with Crippen LogP contribution in [0.3, 0.4) is 0 Å². The van der Waals surface area contributed by atoms with Gasteiger partial charge in [0.05, 0.1) is 17.9 Å². The molecule has 3 rings (SSSR count). The molecule has 0 amide bonds. The first-order valence-electron chi connectivity index (χ1n) is 7.28. The molecule has 1 aliphatic heterocycles. The second-order valence-corrected chi connectivity index (χ2v) is 7.64. The molecule has 1 saturated heterocycles. The van der Waals surface area contributed by atoms with Gasteiger partial charge in [-0.25, -0.2) is 0 Å². The number of methoxy groups -OCH3 is 1. The lowest BCUT2D eigenvalue weighted by molar-refractivity contribution is 0.311. The van der Waals surface area contributed by atoms with Crippen LogP contribution in [0.2, 0.25) is 0 Å². The Bertz CT molecular complexity index is 679. The van der Waals surface area contributed by atoms with Crippen LogP contribution >= 0.6 is 0 Å². The summed E-state index contributed by atoms with van der Waals surface area (Å²) in [4.78, 5) is 0.143. The van der Waals surface area contributed by atoms with E-state index in [1.165, 1.54) is 0 Å². The molecule has 0 saturated carbocycles. The molecule has 0 bridgehead atoms. The molecule has 0 aromatic heterocycles. The monoisotopic (exact) mass is 316 g/mol. The molecule has 2 unspecified atom stereocenters. The van der Waals surface area contributed by atoms with Crippen LogP contribution in [-0.4, -0.2) is 21.9 Å². The first kappa shape index (κ1) is 15.3. The summed E-state index contributed by atoms with van der Waals surface area (Å²) >= 11 is 0. The minimum absolute atomic E-state index is 0.395. The Balaban J connectivity index is 1.88. The average Bonchev–Trinajstić information content (AvgIpc) is 3.10. The third-order valence-electron chi connectivity index (χ3n) is 4.15. The molecule has 22 heavy (non-hydrogen) atoms. The van der Waals surface area contributed by atoms with Crippen molar-refractivity contribution in [1.29, 1.82) is 0 Å².